The third-order valence-electron chi connectivity index (χ3n) is 0.802. The van der Waals surface area contributed by atoms with Crippen LogP contribution in [0, 0.1) is 0 Å². The van der Waals surface area contributed by atoms with E-state index in [1.807, 2.05) is 19.6 Å². The van der Waals surface area contributed by atoms with Crippen molar-refractivity contribution in [3.63, 3.8) is 0 Å². The van der Waals surface area contributed by atoms with Crippen LogP contribution in [0.25, 0.3) is 0 Å². The van der Waals surface area contributed by atoms with Crippen molar-refractivity contribution in [3.05, 3.63) is 0 Å². The average molecular weight is 177 g/mol. The number of rotatable bonds is 3. The second-order valence-electron chi connectivity index (χ2n) is 3.23. The number of carbonyl (C=O) groups is 1. The Morgan fingerprint density at radius 2 is 1.91 bits per heavy atom. The maximum absolute atomic E-state index is 10.2. The maximum Gasteiger partial charge on any atom is 0.406 e. The van der Waals surface area contributed by atoms with E-state index >= 15 is 0 Å². The van der Waals surface area contributed by atoms with Crippen molar-refractivity contribution in [1.82, 2.24) is 0 Å². The molecule has 0 aliphatic rings. The molecule has 0 aliphatic carbocycles. The van der Waals surface area contributed by atoms with Crippen molar-refractivity contribution in [3.8, 4) is 0 Å². The molecule has 0 spiro atoms. The van der Waals surface area contributed by atoms with Crippen LogP contribution >= 0.6 is 0 Å². The maximum atomic E-state index is 10.2. The highest BCUT2D eigenvalue weighted by atomic mass is 28.4. The van der Waals surface area contributed by atoms with E-state index in [2.05, 4.69) is 4.74 Å². The molecule has 4 nitrogen and oxygen atoms in total. The van der Waals surface area contributed by atoms with Gasteiger partial charge in [0.2, 0.25) is 0 Å². The molecule has 1 amide bonds. The normalized spacial score (nSPS) is 14.2. The minimum Gasteiger partial charge on any atom is -0.421 e. The summed E-state index contributed by atoms with van der Waals surface area (Å²) in [6, 6.07) is 0. The zero-order valence-corrected chi connectivity index (χ0v) is 8.38. The Morgan fingerprint density at radius 1 is 1.45 bits per heavy atom. The molecular formula is C6H15NO3Si. The van der Waals surface area contributed by atoms with Gasteiger partial charge in [0.05, 0.1) is 0 Å². The van der Waals surface area contributed by atoms with Gasteiger partial charge in [-0.05, 0) is 26.6 Å². The van der Waals surface area contributed by atoms with Gasteiger partial charge in [-0.25, -0.2) is 4.79 Å². The van der Waals surface area contributed by atoms with Crippen LogP contribution in [0.4, 0.5) is 4.79 Å². The standard InChI is InChI=1S/C6H15NO3Si/c1-5(9-6(7)8)10-11(2,3)4/h5H,1-4H3,(H2,7,8). The van der Waals surface area contributed by atoms with Gasteiger partial charge < -0.3 is 14.9 Å². The predicted octanol–water partition coefficient (Wildman–Crippen LogP) is 1.28. The lowest BCUT2D eigenvalue weighted by atomic mass is 10.8. The molecule has 11 heavy (non-hydrogen) atoms. The molecule has 0 aliphatic heterocycles. The molecule has 0 heterocycles. The summed E-state index contributed by atoms with van der Waals surface area (Å²) in [6.45, 7) is 7.68. The molecule has 0 bridgehead atoms. The van der Waals surface area contributed by atoms with Crippen molar-refractivity contribution in [2.75, 3.05) is 0 Å². The quantitative estimate of drug-likeness (QED) is 0.522. The summed E-state index contributed by atoms with van der Waals surface area (Å²) in [5.41, 5.74) is 4.79. The first-order valence-electron chi connectivity index (χ1n) is 3.45. The summed E-state index contributed by atoms with van der Waals surface area (Å²) in [4.78, 5) is 10.2. The van der Waals surface area contributed by atoms with E-state index in [0.717, 1.165) is 0 Å². The lowest BCUT2D eigenvalue weighted by Gasteiger charge is -2.22. The van der Waals surface area contributed by atoms with Gasteiger partial charge in [0, 0.05) is 0 Å². The monoisotopic (exact) mass is 177 g/mol. The average Bonchev–Trinajstić information content (AvgIpc) is 1.53. The number of amides is 1. The number of hydrogen-bond acceptors (Lipinski definition) is 3. The van der Waals surface area contributed by atoms with Crippen molar-refractivity contribution >= 4 is 14.4 Å². The van der Waals surface area contributed by atoms with Gasteiger partial charge in [-0.1, -0.05) is 0 Å². The largest absolute Gasteiger partial charge is 0.421 e. The van der Waals surface area contributed by atoms with Gasteiger partial charge in [0.15, 0.2) is 14.6 Å². The first kappa shape index (κ1) is 10.4. The van der Waals surface area contributed by atoms with E-state index in [1.54, 1.807) is 6.92 Å². The Hall–Kier alpha value is -0.553. The molecule has 0 aromatic rings. The summed E-state index contributed by atoms with van der Waals surface area (Å²) in [7, 11) is -1.62. The summed E-state index contributed by atoms with van der Waals surface area (Å²) >= 11 is 0. The molecule has 0 radical (unpaired) electrons. The topological polar surface area (TPSA) is 61.5 Å². The molecule has 0 aromatic carbocycles. The lowest BCUT2D eigenvalue weighted by Crippen LogP contribution is -2.34. The fourth-order valence-electron chi connectivity index (χ4n) is 0.686. The van der Waals surface area contributed by atoms with Gasteiger partial charge >= 0.3 is 6.09 Å². The second kappa shape index (κ2) is 3.73. The fourth-order valence-corrected chi connectivity index (χ4v) is 1.73. The Morgan fingerprint density at radius 3 is 2.18 bits per heavy atom. The molecule has 66 valence electrons. The zero-order valence-electron chi connectivity index (χ0n) is 7.38. The van der Waals surface area contributed by atoms with Crippen LogP contribution in [-0.4, -0.2) is 20.7 Å². The van der Waals surface area contributed by atoms with Crippen molar-refractivity contribution in [2.45, 2.75) is 32.9 Å². The summed E-state index contributed by atoms with van der Waals surface area (Å²) in [5.74, 6) is 0. The third kappa shape index (κ3) is 7.34. The highest BCUT2D eigenvalue weighted by Crippen LogP contribution is 2.07. The van der Waals surface area contributed by atoms with E-state index in [4.69, 9.17) is 10.2 Å². The SMILES string of the molecule is CC(OC(N)=O)O[Si](C)(C)C. The molecule has 5 heteroatoms. The van der Waals surface area contributed by atoms with Crippen LogP contribution in [0.3, 0.4) is 0 Å². The van der Waals surface area contributed by atoms with Crippen molar-refractivity contribution in [1.29, 1.82) is 0 Å². The molecular weight excluding hydrogens is 162 g/mol. The molecule has 0 rings (SSSR count). The van der Waals surface area contributed by atoms with Gasteiger partial charge in [-0.3, -0.25) is 0 Å². The molecule has 0 aromatic heterocycles. The van der Waals surface area contributed by atoms with E-state index in [9.17, 15) is 4.79 Å². The molecule has 1 unspecified atom stereocenters. The highest BCUT2D eigenvalue weighted by Gasteiger charge is 2.19. The number of ether oxygens (including phenoxy) is 1. The van der Waals surface area contributed by atoms with E-state index in [1.165, 1.54) is 0 Å². The van der Waals surface area contributed by atoms with E-state index in [0.29, 0.717) is 0 Å². The summed E-state index contributed by atoms with van der Waals surface area (Å²) in [6.07, 6.45) is -1.32. The van der Waals surface area contributed by atoms with Crippen LogP contribution < -0.4 is 5.73 Å². The lowest BCUT2D eigenvalue weighted by molar-refractivity contribution is -0.0195. The Kier molecular flexibility index (Phi) is 3.54. The van der Waals surface area contributed by atoms with Gasteiger partial charge in [-0.15, -0.1) is 0 Å². The molecule has 2 N–H and O–H groups in total. The third-order valence-corrected chi connectivity index (χ3v) is 1.84. The number of nitrogens with two attached hydrogens (primary N) is 1. The van der Waals surface area contributed by atoms with Gasteiger partial charge in [0.1, 0.15) is 0 Å². The minimum absolute atomic E-state index is 0.529. The van der Waals surface area contributed by atoms with Crippen LogP contribution in [0.2, 0.25) is 19.6 Å². The number of primary amides is 1. The van der Waals surface area contributed by atoms with Crippen LogP contribution in [0.5, 0.6) is 0 Å². The number of carbonyl (C=O) groups excluding carboxylic acids is 1. The van der Waals surface area contributed by atoms with Gasteiger partial charge in [-0.2, -0.15) is 0 Å². The Bertz CT molecular complexity index is 143. The molecule has 0 saturated heterocycles. The Balaban J connectivity index is 3.69. The predicted molar refractivity (Wildman–Crippen MR) is 44.6 cm³/mol. The van der Waals surface area contributed by atoms with Crippen LogP contribution in [0.15, 0.2) is 0 Å². The van der Waals surface area contributed by atoms with Crippen molar-refractivity contribution < 1.29 is 14.0 Å². The summed E-state index contributed by atoms with van der Waals surface area (Å²) < 4.78 is 9.94. The first-order valence-corrected chi connectivity index (χ1v) is 6.86. The van der Waals surface area contributed by atoms with Crippen LogP contribution in [-0.2, 0) is 9.16 Å². The first-order chi connectivity index (χ1) is 4.81. The van der Waals surface area contributed by atoms with Gasteiger partial charge in [0.25, 0.3) is 0 Å². The Labute approximate surface area is 67.8 Å². The molecule has 1 atom stereocenters. The summed E-state index contributed by atoms with van der Waals surface area (Å²) in [5, 5.41) is 0. The second-order valence-corrected chi connectivity index (χ2v) is 7.70. The molecule has 0 saturated carbocycles. The highest BCUT2D eigenvalue weighted by molar-refractivity contribution is 6.69. The van der Waals surface area contributed by atoms with E-state index in [-0.39, 0.29) is 0 Å². The number of hydrogen-bond donors (Lipinski definition) is 1. The smallest absolute Gasteiger partial charge is 0.406 e. The van der Waals surface area contributed by atoms with Crippen LogP contribution in [0.1, 0.15) is 6.92 Å². The zero-order chi connectivity index (χ0) is 9.07. The van der Waals surface area contributed by atoms with E-state index < -0.39 is 20.7 Å². The molecule has 0 fully saturated rings. The minimum atomic E-state index is -1.62. The van der Waals surface area contributed by atoms with Crippen molar-refractivity contribution in [2.24, 2.45) is 5.73 Å². The fraction of sp³-hybridized carbons (Fsp3) is 0.833.